The Kier molecular flexibility index (Phi) is 5.13. The summed E-state index contributed by atoms with van der Waals surface area (Å²) in [4.78, 5) is 0. The van der Waals surface area contributed by atoms with Crippen LogP contribution >= 0.6 is 39.1 Å². The molecule has 0 spiro atoms. The van der Waals surface area contributed by atoms with Crippen molar-refractivity contribution < 1.29 is 9.13 Å². The van der Waals surface area contributed by atoms with Gasteiger partial charge in [-0.2, -0.15) is 0 Å². The Labute approximate surface area is 135 Å². The van der Waals surface area contributed by atoms with Crippen LogP contribution in [0.4, 0.5) is 10.1 Å². The molecule has 0 amide bonds. The first-order valence-corrected chi connectivity index (χ1v) is 7.27. The molecule has 2 nitrogen and oxygen atoms in total. The van der Waals surface area contributed by atoms with Gasteiger partial charge in [0.2, 0.25) is 0 Å². The Morgan fingerprint density at radius 3 is 2.75 bits per heavy atom. The van der Waals surface area contributed by atoms with E-state index in [1.165, 1.54) is 6.07 Å². The maximum absolute atomic E-state index is 13.8. The second-order valence-corrected chi connectivity index (χ2v) is 5.73. The highest BCUT2D eigenvalue weighted by molar-refractivity contribution is 9.10. The normalized spacial score (nSPS) is 10.4. The molecule has 0 aliphatic heterocycles. The molecule has 2 aromatic rings. The van der Waals surface area contributed by atoms with Crippen LogP contribution in [0.5, 0.6) is 5.75 Å². The van der Waals surface area contributed by atoms with Crippen LogP contribution in [0, 0.1) is 5.82 Å². The van der Waals surface area contributed by atoms with E-state index in [-0.39, 0.29) is 11.6 Å². The first kappa shape index (κ1) is 15.4. The lowest BCUT2D eigenvalue weighted by atomic mass is 10.2. The van der Waals surface area contributed by atoms with E-state index in [2.05, 4.69) is 21.2 Å². The average Bonchev–Trinajstić information content (AvgIpc) is 2.40. The predicted molar refractivity (Wildman–Crippen MR) is 84.4 cm³/mol. The van der Waals surface area contributed by atoms with E-state index in [1.54, 1.807) is 31.4 Å². The summed E-state index contributed by atoms with van der Waals surface area (Å²) in [6, 6.07) is 8.32. The standard InChI is InChI=1S/C14H11BrCl2FNO/c1-20-14-10(15)5-9(16)6-12(14)19-7-8-3-2-4-11(17)13(8)18/h2-6,19H,7H2,1H3. The number of halogens is 4. The van der Waals surface area contributed by atoms with Crippen molar-refractivity contribution in [2.75, 3.05) is 12.4 Å². The van der Waals surface area contributed by atoms with Gasteiger partial charge in [0.05, 0.1) is 22.3 Å². The number of methoxy groups -OCH3 is 1. The first-order chi connectivity index (χ1) is 9.52. The molecule has 0 aliphatic rings. The minimum Gasteiger partial charge on any atom is -0.493 e. The molecule has 0 aromatic heterocycles. The molecule has 106 valence electrons. The number of anilines is 1. The topological polar surface area (TPSA) is 21.3 Å². The van der Waals surface area contributed by atoms with Crippen molar-refractivity contribution in [3.63, 3.8) is 0 Å². The van der Waals surface area contributed by atoms with E-state index < -0.39 is 5.82 Å². The zero-order chi connectivity index (χ0) is 14.7. The Bertz CT molecular complexity index is 637. The molecule has 1 N–H and O–H groups in total. The van der Waals surface area contributed by atoms with Crippen molar-refractivity contribution in [1.29, 1.82) is 0 Å². The van der Waals surface area contributed by atoms with Crippen LogP contribution in [0.15, 0.2) is 34.8 Å². The van der Waals surface area contributed by atoms with Crippen molar-refractivity contribution in [1.82, 2.24) is 0 Å². The Morgan fingerprint density at radius 2 is 2.05 bits per heavy atom. The van der Waals surface area contributed by atoms with Gasteiger partial charge >= 0.3 is 0 Å². The summed E-state index contributed by atoms with van der Waals surface area (Å²) >= 11 is 15.1. The Hall–Kier alpha value is -0.970. The fourth-order valence-corrected chi connectivity index (χ4v) is 2.94. The maximum Gasteiger partial charge on any atom is 0.156 e. The van der Waals surface area contributed by atoms with E-state index in [9.17, 15) is 4.39 Å². The molecular formula is C14H11BrCl2FNO. The van der Waals surface area contributed by atoms with Crippen LogP contribution in [-0.4, -0.2) is 7.11 Å². The zero-order valence-electron chi connectivity index (χ0n) is 10.5. The number of ether oxygens (including phenoxy) is 1. The van der Waals surface area contributed by atoms with Crippen molar-refractivity contribution in [3.05, 3.63) is 56.2 Å². The van der Waals surface area contributed by atoms with Crippen molar-refractivity contribution >= 4 is 44.8 Å². The highest BCUT2D eigenvalue weighted by Crippen LogP contribution is 2.36. The van der Waals surface area contributed by atoms with Crippen molar-refractivity contribution in [2.45, 2.75) is 6.54 Å². The van der Waals surface area contributed by atoms with Crippen LogP contribution in [0.1, 0.15) is 5.56 Å². The zero-order valence-corrected chi connectivity index (χ0v) is 13.6. The van der Waals surface area contributed by atoms with Gasteiger partial charge in [-0.15, -0.1) is 0 Å². The molecule has 0 aliphatic carbocycles. The molecule has 0 atom stereocenters. The highest BCUT2D eigenvalue weighted by atomic mass is 79.9. The molecule has 0 saturated heterocycles. The third-order valence-electron chi connectivity index (χ3n) is 2.71. The molecule has 2 rings (SSSR count). The van der Waals surface area contributed by atoms with Gasteiger partial charge in [-0.3, -0.25) is 0 Å². The van der Waals surface area contributed by atoms with Crippen LogP contribution in [0.2, 0.25) is 10.0 Å². The maximum atomic E-state index is 13.8. The van der Waals surface area contributed by atoms with Gasteiger partial charge in [-0.05, 0) is 34.1 Å². The molecule has 0 heterocycles. The third kappa shape index (κ3) is 3.37. The van der Waals surface area contributed by atoms with E-state index >= 15 is 0 Å². The number of nitrogens with one attached hydrogen (secondary N) is 1. The second kappa shape index (κ2) is 6.66. The van der Waals surface area contributed by atoms with Gasteiger partial charge in [-0.1, -0.05) is 35.3 Å². The summed E-state index contributed by atoms with van der Waals surface area (Å²) in [6.45, 7) is 0.273. The van der Waals surface area contributed by atoms with Crippen LogP contribution < -0.4 is 10.1 Å². The SMILES string of the molecule is COc1c(Br)cc(Cl)cc1NCc1cccc(Cl)c1F. The lowest BCUT2D eigenvalue weighted by Gasteiger charge is -2.14. The summed E-state index contributed by atoms with van der Waals surface area (Å²) in [7, 11) is 1.55. The summed E-state index contributed by atoms with van der Waals surface area (Å²) in [6.07, 6.45) is 0. The number of benzene rings is 2. The van der Waals surface area contributed by atoms with E-state index in [4.69, 9.17) is 27.9 Å². The highest BCUT2D eigenvalue weighted by Gasteiger charge is 2.11. The third-order valence-corrected chi connectivity index (χ3v) is 3.81. The largest absolute Gasteiger partial charge is 0.493 e. The number of hydrogen-bond donors (Lipinski definition) is 1. The van der Waals surface area contributed by atoms with Crippen molar-refractivity contribution in [3.8, 4) is 5.75 Å². The van der Waals surface area contributed by atoms with Gasteiger partial charge in [0.15, 0.2) is 5.75 Å². The van der Waals surface area contributed by atoms with E-state index in [1.807, 2.05) is 0 Å². The van der Waals surface area contributed by atoms with Gasteiger partial charge in [0.1, 0.15) is 5.82 Å². The number of rotatable bonds is 4. The van der Waals surface area contributed by atoms with Crippen LogP contribution in [0.25, 0.3) is 0 Å². The number of hydrogen-bond acceptors (Lipinski definition) is 2. The minimum atomic E-state index is -0.429. The molecule has 6 heteroatoms. The lowest BCUT2D eigenvalue weighted by molar-refractivity contribution is 0.414. The van der Waals surface area contributed by atoms with Gasteiger partial charge < -0.3 is 10.1 Å². The fourth-order valence-electron chi connectivity index (χ4n) is 1.77. The van der Waals surface area contributed by atoms with Gasteiger partial charge in [0, 0.05) is 17.1 Å². The minimum absolute atomic E-state index is 0.100. The van der Waals surface area contributed by atoms with Gasteiger partial charge in [0.25, 0.3) is 0 Å². The summed E-state index contributed by atoms with van der Waals surface area (Å²) in [5.41, 5.74) is 1.14. The molecule has 2 aromatic carbocycles. The summed E-state index contributed by atoms with van der Waals surface area (Å²) < 4.78 is 19.8. The monoisotopic (exact) mass is 377 g/mol. The van der Waals surface area contributed by atoms with Crippen LogP contribution in [0.3, 0.4) is 0 Å². The second-order valence-electron chi connectivity index (χ2n) is 4.03. The smallest absolute Gasteiger partial charge is 0.156 e. The van der Waals surface area contributed by atoms with E-state index in [0.717, 1.165) is 4.47 Å². The molecule has 0 saturated carbocycles. The Morgan fingerprint density at radius 1 is 1.30 bits per heavy atom. The average molecular weight is 379 g/mol. The summed E-state index contributed by atoms with van der Waals surface area (Å²) in [5.74, 6) is 0.179. The summed E-state index contributed by atoms with van der Waals surface area (Å²) in [5, 5.41) is 3.74. The molecule has 0 unspecified atom stereocenters. The molecule has 0 radical (unpaired) electrons. The lowest BCUT2D eigenvalue weighted by Crippen LogP contribution is -2.04. The van der Waals surface area contributed by atoms with E-state index in [0.29, 0.717) is 22.0 Å². The van der Waals surface area contributed by atoms with Crippen LogP contribution in [-0.2, 0) is 6.54 Å². The quantitative estimate of drug-likeness (QED) is 0.756. The molecule has 20 heavy (non-hydrogen) atoms. The first-order valence-electron chi connectivity index (χ1n) is 5.72. The van der Waals surface area contributed by atoms with Gasteiger partial charge in [-0.25, -0.2) is 4.39 Å². The van der Waals surface area contributed by atoms with Crippen molar-refractivity contribution in [2.24, 2.45) is 0 Å². The molecule has 0 fully saturated rings. The molecule has 0 bridgehead atoms. The predicted octanol–water partition coefficient (Wildman–Crippen LogP) is 5.52. The fraction of sp³-hybridized carbons (Fsp3) is 0.143. The molecular weight excluding hydrogens is 368 g/mol. The Balaban J connectivity index is 2.25.